The van der Waals surface area contributed by atoms with Gasteiger partial charge in [0.15, 0.2) is 11.5 Å². The predicted octanol–water partition coefficient (Wildman–Crippen LogP) is 2.57. The van der Waals surface area contributed by atoms with Crippen LogP contribution in [-0.4, -0.2) is 59.2 Å². The molecule has 7 heteroatoms. The van der Waals surface area contributed by atoms with E-state index >= 15 is 0 Å². The maximum Gasteiger partial charge on any atom is 0.276 e. The second-order valence-corrected chi connectivity index (χ2v) is 7.00. The molecule has 2 aromatic heterocycles. The third-order valence-corrected chi connectivity index (χ3v) is 5.07. The Bertz CT molecular complexity index is 940. The number of benzene rings is 1. The Morgan fingerprint density at radius 1 is 1.30 bits per heavy atom. The topological polar surface area (TPSA) is 74.6 Å². The number of amides is 1. The van der Waals surface area contributed by atoms with Crippen molar-refractivity contribution in [3.63, 3.8) is 0 Å². The van der Waals surface area contributed by atoms with Crippen LogP contribution in [0.25, 0.3) is 10.9 Å². The molecule has 1 saturated heterocycles. The molecule has 0 bridgehead atoms. The SMILES string of the molecule is Cc1c(CN(C)C(=O)c2cc(CN3CCOCC3)on2)[nH]c2ccccc12. The van der Waals surface area contributed by atoms with Crippen LogP contribution in [-0.2, 0) is 17.8 Å². The summed E-state index contributed by atoms with van der Waals surface area (Å²) in [4.78, 5) is 20.0. The zero-order valence-corrected chi connectivity index (χ0v) is 15.7. The summed E-state index contributed by atoms with van der Waals surface area (Å²) >= 11 is 0. The van der Waals surface area contributed by atoms with Crippen molar-refractivity contribution in [3.05, 3.63) is 53.0 Å². The van der Waals surface area contributed by atoms with Crippen LogP contribution in [0.5, 0.6) is 0 Å². The summed E-state index contributed by atoms with van der Waals surface area (Å²) in [6, 6.07) is 9.90. The highest BCUT2D eigenvalue weighted by Crippen LogP contribution is 2.22. The predicted molar refractivity (Wildman–Crippen MR) is 101 cm³/mol. The number of aromatic amines is 1. The van der Waals surface area contributed by atoms with Crippen LogP contribution >= 0.6 is 0 Å². The van der Waals surface area contributed by atoms with Crippen LogP contribution in [0.2, 0.25) is 0 Å². The van der Waals surface area contributed by atoms with Crippen LogP contribution in [0.15, 0.2) is 34.9 Å². The maximum absolute atomic E-state index is 12.7. The van der Waals surface area contributed by atoms with Crippen LogP contribution < -0.4 is 0 Å². The molecule has 0 saturated carbocycles. The Labute approximate surface area is 157 Å². The standard InChI is InChI=1S/C20H24N4O3/c1-14-16-5-3-4-6-17(16)21-19(14)13-23(2)20(25)18-11-15(27-22-18)12-24-7-9-26-10-8-24/h3-6,11,21H,7-10,12-13H2,1-2H3. The van der Waals surface area contributed by atoms with E-state index in [1.165, 1.54) is 10.9 Å². The third-order valence-electron chi connectivity index (χ3n) is 5.07. The first kappa shape index (κ1) is 17.8. The highest BCUT2D eigenvalue weighted by molar-refractivity contribution is 5.92. The molecule has 0 aliphatic carbocycles. The van der Waals surface area contributed by atoms with Gasteiger partial charge >= 0.3 is 0 Å². The largest absolute Gasteiger partial charge is 0.379 e. The number of nitrogens with one attached hydrogen (secondary N) is 1. The molecule has 0 unspecified atom stereocenters. The number of H-pyrrole nitrogens is 1. The Morgan fingerprint density at radius 2 is 2.07 bits per heavy atom. The molecular formula is C20H24N4O3. The van der Waals surface area contributed by atoms with Gasteiger partial charge in [-0.15, -0.1) is 0 Å². The normalized spacial score (nSPS) is 15.3. The second-order valence-electron chi connectivity index (χ2n) is 7.00. The number of hydrogen-bond acceptors (Lipinski definition) is 5. The quantitative estimate of drug-likeness (QED) is 0.749. The van der Waals surface area contributed by atoms with Gasteiger partial charge in [-0.25, -0.2) is 0 Å². The van der Waals surface area contributed by atoms with E-state index in [1.54, 1.807) is 18.0 Å². The fourth-order valence-corrected chi connectivity index (χ4v) is 3.47. The van der Waals surface area contributed by atoms with E-state index in [2.05, 4.69) is 28.0 Å². The molecule has 142 valence electrons. The molecule has 4 rings (SSSR count). The summed E-state index contributed by atoms with van der Waals surface area (Å²) in [5, 5.41) is 5.16. The van der Waals surface area contributed by atoms with Gasteiger partial charge in [0.25, 0.3) is 5.91 Å². The van der Waals surface area contributed by atoms with Crippen molar-refractivity contribution >= 4 is 16.8 Å². The van der Waals surface area contributed by atoms with E-state index in [4.69, 9.17) is 9.26 Å². The molecule has 27 heavy (non-hydrogen) atoms. The number of para-hydroxylation sites is 1. The minimum absolute atomic E-state index is 0.148. The number of fused-ring (bicyclic) bond motifs is 1. The van der Waals surface area contributed by atoms with Crippen molar-refractivity contribution in [3.8, 4) is 0 Å². The van der Waals surface area contributed by atoms with Gasteiger partial charge in [-0.3, -0.25) is 9.69 Å². The first-order valence-electron chi connectivity index (χ1n) is 9.19. The molecule has 1 fully saturated rings. The summed E-state index contributed by atoms with van der Waals surface area (Å²) in [5.41, 5.74) is 3.62. The molecule has 0 spiro atoms. The zero-order valence-electron chi connectivity index (χ0n) is 15.7. The van der Waals surface area contributed by atoms with Gasteiger partial charge in [-0.05, 0) is 18.6 Å². The average Bonchev–Trinajstić information content (AvgIpc) is 3.27. The number of rotatable bonds is 5. The summed E-state index contributed by atoms with van der Waals surface area (Å²) < 4.78 is 10.7. The average molecular weight is 368 g/mol. The van der Waals surface area contributed by atoms with Crippen LogP contribution in [0.1, 0.15) is 27.5 Å². The number of hydrogen-bond donors (Lipinski definition) is 1. The van der Waals surface area contributed by atoms with Gasteiger partial charge in [-0.2, -0.15) is 0 Å². The van der Waals surface area contributed by atoms with E-state index in [0.717, 1.165) is 37.5 Å². The highest BCUT2D eigenvalue weighted by Gasteiger charge is 2.20. The van der Waals surface area contributed by atoms with Gasteiger partial charge in [0.05, 0.1) is 26.3 Å². The summed E-state index contributed by atoms with van der Waals surface area (Å²) in [6.45, 7) is 6.40. The van der Waals surface area contributed by atoms with E-state index in [0.29, 0.717) is 24.5 Å². The molecule has 3 heterocycles. The molecule has 1 aromatic carbocycles. The lowest BCUT2D eigenvalue weighted by atomic mass is 10.1. The molecule has 0 radical (unpaired) electrons. The van der Waals surface area contributed by atoms with E-state index in [9.17, 15) is 4.79 Å². The van der Waals surface area contributed by atoms with Gasteiger partial charge in [0, 0.05) is 42.8 Å². The fourth-order valence-electron chi connectivity index (χ4n) is 3.47. The Morgan fingerprint density at radius 3 is 2.85 bits per heavy atom. The number of ether oxygens (including phenoxy) is 1. The van der Waals surface area contributed by atoms with Crippen molar-refractivity contribution in [1.29, 1.82) is 0 Å². The zero-order chi connectivity index (χ0) is 18.8. The lowest BCUT2D eigenvalue weighted by Crippen LogP contribution is -2.35. The molecule has 1 amide bonds. The Hall–Kier alpha value is -2.64. The van der Waals surface area contributed by atoms with Gasteiger partial charge in [0.1, 0.15) is 0 Å². The Kier molecular flexibility index (Phi) is 4.96. The molecule has 0 atom stereocenters. The van der Waals surface area contributed by atoms with Gasteiger partial charge in [-0.1, -0.05) is 23.4 Å². The first-order valence-corrected chi connectivity index (χ1v) is 9.19. The summed E-state index contributed by atoms with van der Waals surface area (Å²) in [6.07, 6.45) is 0. The van der Waals surface area contributed by atoms with Crippen molar-refractivity contribution in [2.75, 3.05) is 33.4 Å². The minimum Gasteiger partial charge on any atom is -0.379 e. The Balaban J connectivity index is 1.43. The molecule has 1 N–H and O–H groups in total. The number of morpholine rings is 1. The van der Waals surface area contributed by atoms with Crippen molar-refractivity contribution in [1.82, 2.24) is 19.9 Å². The van der Waals surface area contributed by atoms with Crippen molar-refractivity contribution in [2.45, 2.75) is 20.0 Å². The molecule has 7 nitrogen and oxygen atoms in total. The van der Waals surface area contributed by atoms with E-state index < -0.39 is 0 Å². The van der Waals surface area contributed by atoms with Crippen LogP contribution in [0, 0.1) is 6.92 Å². The number of nitrogens with zero attached hydrogens (tertiary/aromatic N) is 3. The number of carbonyl (C=O) groups is 1. The summed E-state index contributed by atoms with van der Waals surface area (Å²) in [7, 11) is 1.78. The summed E-state index contributed by atoms with van der Waals surface area (Å²) in [5.74, 6) is 0.556. The van der Waals surface area contributed by atoms with Crippen LogP contribution in [0.3, 0.4) is 0 Å². The van der Waals surface area contributed by atoms with Crippen molar-refractivity contribution in [2.24, 2.45) is 0 Å². The number of aryl methyl sites for hydroxylation is 1. The maximum atomic E-state index is 12.7. The number of aromatic nitrogens is 2. The first-order chi connectivity index (χ1) is 13.1. The minimum atomic E-state index is -0.148. The molecular weight excluding hydrogens is 344 g/mol. The van der Waals surface area contributed by atoms with E-state index in [1.807, 2.05) is 18.2 Å². The van der Waals surface area contributed by atoms with Gasteiger partial charge in [0.2, 0.25) is 0 Å². The fraction of sp³-hybridized carbons (Fsp3) is 0.400. The third kappa shape index (κ3) is 3.74. The lowest BCUT2D eigenvalue weighted by Gasteiger charge is -2.25. The smallest absolute Gasteiger partial charge is 0.276 e. The second kappa shape index (κ2) is 7.54. The number of carbonyl (C=O) groups excluding carboxylic acids is 1. The molecule has 1 aliphatic rings. The van der Waals surface area contributed by atoms with E-state index in [-0.39, 0.29) is 5.91 Å². The monoisotopic (exact) mass is 368 g/mol. The molecule has 1 aliphatic heterocycles. The van der Waals surface area contributed by atoms with Gasteiger partial charge < -0.3 is 19.1 Å². The highest BCUT2D eigenvalue weighted by atomic mass is 16.5. The molecule has 3 aromatic rings. The van der Waals surface area contributed by atoms with Crippen molar-refractivity contribution < 1.29 is 14.1 Å². The van der Waals surface area contributed by atoms with Crippen LogP contribution in [0.4, 0.5) is 0 Å². The lowest BCUT2D eigenvalue weighted by molar-refractivity contribution is 0.0305.